The van der Waals surface area contributed by atoms with E-state index in [1.165, 1.54) is 12.1 Å². The highest BCUT2D eigenvalue weighted by Gasteiger charge is 2.18. The van der Waals surface area contributed by atoms with E-state index in [0.717, 1.165) is 11.3 Å². The molecule has 0 aliphatic rings. The highest BCUT2D eigenvalue weighted by atomic mass is 35.5. The molecule has 0 unspecified atom stereocenters. The molecular weight excluding hydrogens is 342 g/mol. The van der Waals surface area contributed by atoms with Gasteiger partial charge in [0.05, 0.1) is 9.95 Å². The quantitative estimate of drug-likeness (QED) is 0.425. The second-order valence-electron chi connectivity index (χ2n) is 5.19. The van der Waals surface area contributed by atoms with Crippen molar-refractivity contribution in [1.29, 1.82) is 0 Å². The van der Waals surface area contributed by atoms with Crippen LogP contribution in [0, 0.1) is 10.1 Å². The van der Waals surface area contributed by atoms with Gasteiger partial charge in [0.15, 0.2) is 0 Å². The monoisotopic (exact) mass is 355 g/mol. The molecular formula is C19H14ClNO4. The minimum absolute atomic E-state index is 0.0300. The number of benzene rings is 3. The van der Waals surface area contributed by atoms with Crippen molar-refractivity contribution in [3.8, 4) is 17.2 Å². The predicted octanol–water partition coefficient (Wildman–Crippen LogP) is 5.62. The summed E-state index contributed by atoms with van der Waals surface area (Å²) >= 11 is 6.02. The maximum absolute atomic E-state index is 11.1. The molecule has 6 heteroatoms. The highest BCUT2D eigenvalue weighted by Crippen LogP contribution is 2.37. The molecule has 0 spiro atoms. The van der Waals surface area contributed by atoms with Gasteiger partial charge >= 0.3 is 5.69 Å². The number of para-hydroxylation sites is 2. The topological polar surface area (TPSA) is 61.6 Å². The lowest BCUT2D eigenvalue weighted by atomic mass is 10.2. The molecule has 3 rings (SSSR count). The van der Waals surface area contributed by atoms with E-state index >= 15 is 0 Å². The van der Waals surface area contributed by atoms with Crippen LogP contribution >= 0.6 is 11.6 Å². The molecule has 0 aromatic heterocycles. The van der Waals surface area contributed by atoms with E-state index in [2.05, 4.69) is 0 Å². The number of rotatable bonds is 6. The van der Waals surface area contributed by atoms with Gasteiger partial charge in [-0.05, 0) is 35.9 Å². The fraction of sp³-hybridized carbons (Fsp3) is 0.0526. The van der Waals surface area contributed by atoms with Gasteiger partial charge in [-0.25, -0.2) is 0 Å². The zero-order valence-electron chi connectivity index (χ0n) is 13.1. The van der Waals surface area contributed by atoms with Crippen LogP contribution in [0.15, 0.2) is 72.8 Å². The van der Waals surface area contributed by atoms with Crippen molar-refractivity contribution in [2.75, 3.05) is 0 Å². The normalized spacial score (nSPS) is 10.3. The summed E-state index contributed by atoms with van der Waals surface area (Å²) in [6, 6.07) is 21.0. The van der Waals surface area contributed by atoms with Crippen molar-refractivity contribution >= 4 is 17.3 Å². The van der Waals surface area contributed by atoms with Crippen LogP contribution in [0.4, 0.5) is 5.69 Å². The zero-order valence-corrected chi connectivity index (χ0v) is 13.8. The molecule has 3 aromatic rings. The maximum atomic E-state index is 11.1. The third-order valence-electron chi connectivity index (χ3n) is 3.43. The molecule has 126 valence electrons. The number of nitro benzene ring substituents is 1. The van der Waals surface area contributed by atoms with Gasteiger partial charge in [-0.3, -0.25) is 10.1 Å². The smallest absolute Gasteiger partial charge is 0.313 e. The summed E-state index contributed by atoms with van der Waals surface area (Å²) in [6.07, 6.45) is 0. The van der Waals surface area contributed by atoms with Crippen LogP contribution in [0.2, 0.25) is 5.02 Å². The Morgan fingerprint density at radius 3 is 2.28 bits per heavy atom. The summed E-state index contributed by atoms with van der Waals surface area (Å²) in [7, 11) is 0. The number of hydrogen-bond donors (Lipinski definition) is 0. The molecule has 0 aliphatic heterocycles. The first-order chi connectivity index (χ1) is 12.1. The number of nitro groups is 1. The molecule has 0 saturated carbocycles. The molecule has 0 heterocycles. The second kappa shape index (κ2) is 7.68. The molecule has 0 saturated heterocycles. The first-order valence-electron chi connectivity index (χ1n) is 7.51. The Kier molecular flexibility index (Phi) is 5.16. The largest absolute Gasteiger partial charge is 0.489 e. The van der Waals surface area contributed by atoms with Crippen LogP contribution in [0.3, 0.4) is 0 Å². The second-order valence-corrected chi connectivity index (χ2v) is 5.60. The standard InChI is InChI=1S/C19H14ClNO4/c20-17-7-4-8-18(21(22)23)19(17)25-16-11-9-14(10-12-16)13-24-15-5-2-1-3-6-15/h1-12H,13H2. The van der Waals surface area contributed by atoms with E-state index in [-0.39, 0.29) is 16.5 Å². The van der Waals surface area contributed by atoms with Crippen LogP contribution in [-0.2, 0) is 6.61 Å². The fourth-order valence-electron chi connectivity index (χ4n) is 2.20. The first-order valence-corrected chi connectivity index (χ1v) is 7.89. The van der Waals surface area contributed by atoms with E-state index in [1.54, 1.807) is 18.2 Å². The van der Waals surface area contributed by atoms with Crippen molar-refractivity contribution < 1.29 is 14.4 Å². The summed E-state index contributed by atoms with van der Waals surface area (Å²) < 4.78 is 11.3. The first kappa shape index (κ1) is 16.8. The highest BCUT2D eigenvalue weighted by molar-refractivity contribution is 6.32. The predicted molar refractivity (Wildman–Crippen MR) is 95.4 cm³/mol. The average Bonchev–Trinajstić information content (AvgIpc) is 2.63. The Balaban J connectivity index is 1.70. The minimum atomic E-state index is -0.525. The fourth-order valence-corrected chi connectivity index (χ4v) is 2.41. The van der Waals surface area contributed by atoms with Crippen LogP contribution in [0.1, 0.15) is 5.56 Å². The van der Waals surface area contributed by atoms with Crippen molar-refractivity contribution in [2.24, 2.45) is 0 Å². The zero-order chi connectivity index (χ0) is 17.6. The molecule has 25 heavy (non-hydrogen) atoms. The lowest BCUT2D eigenvalue weighted by Crippen LogP contribution is -1.96. The Morgan fingerprint density at radius 2 is 1.60 bits per heavy atom. The average molecular weight is 356 g/mol. The number of nitrogens with zero attached hydrogens (tertiary/aromatic N) is 1. The van der Waals surface area contributed by atoms with Crippen LogP contribution in [-0.4, -0.2) is 4.92 Å². The van der Waals surface area contributed by atoms with Crippen LogP contribution < -0.4 is 9.47 Å². The maximum Gasteiger partial charge on any atom is 0.313 e. The van der Waals surface area contributed by atoms with Crippen molar-refractivity contribution in [2.45, 2.75) is 6.61 Å². The van der Waals surface area contributed by atoms with Crippen molar-refractivity contribution in [1.82, 2.24) is 0 Å². The molecule has 0 aliphatic carbocycles. The van der Waals surface area contributed by atoms with E-state index in [4.69, 9.17) is 21.1 Å². The third-order valence-corrected chi connectivity index (χ3v) is 3.73. The Morgan fingerprint density at radius 1 is 0.880 bits per heavy atom. The van der Waals surface area contributed by atoms with E-state index in [1.807, 2.05) is 42.5 Å². The number of halogens is 1. The van der Waals surface area contributed by atoms with Gasteiger partial charge in [0, 0.05) is 6.07 Å². The van der Waals surface area contributed by atoms with Crippen molar-refractivity contribution in [3.05, 3.63) is 93.5 Å². The Labute approximate surface area is 149 Å². The summed E-state index contributed by atoms with van der Waals surface area (Å²) in [5, 5.41) is 11.3. The van der Waals surface area contributed by atoms with Gasteiger partial charge in [-0.2, -0.15) is 0 Å². The molecule has 0 atom stereocenters. The van der Waals surface area contributed by atoms with E-state index in [9.17, 15) is 10.1 Å². The molecule has 0 N–H and O–H groups in total. The summed E-state index contributed by atoms with van der Waals surface area (Å²) in [6.45, 7) is 0.413. The van der Waals surface area contributed by atoms with E-state index < -0.39 is 4.92 Å². The molecule has 0 bridgehead atoms. The third kappa shape index (κ3) is 4.28. The summed E-state index contributed by atoms with van der Waals surface area (Å²) in [4.78, 5) is 10.6. The van der Waals surface area contributed by atoms with Gasteiger partial charge in [-0.15, -0.1) is 0 Å². The molecule has 5 nitrogen and oxygen atoms in total. The Hall–Kier alpha value is -3.05. The lowest BCUT2D eigenvalue weighted by molar-refractivity contribution is -0.385. The van der Waals surface area contributed by atoms with Gasteiger partial charge in [-0.1, -0.05) is 48.0 Å². The molecule has 0 amide bonds. The SMILES string of the molecule is O=[N+]([O-])c1cccc(Cl)c1Oc1ccc(COc2ccccc2)cc1. The van der Waals surface area contributed by atoms with Crippen LogP contribution in [0.5, 0.6) is 17.2 Å². The Bertz CT molecular complexity index is 866. The van der Waals surface area contributed by atoms with Gasteiger partial charge in [0.2, 0.25) is 5.75 Å². The summed E-state index contributed by atoms with van der Waals surface area (Å²) in [5.74, 6) is 1.27. The summed E-state index contributed by atoms with van der Waals surface area (Å²) in [5.41, 5.74) is 0.772. The van der Waals surface area contributed by atoms with Gasteiger partial charge < -0.3 is 9.47 Å². The van der Waals surface area contributed by atoms with Gasteiger partial charge in [0.25, 0.3) is 0 Å². The number of ether oxygens (including phenoxy) is 2. The van der Waals surface area contributed by atoms with Crippen molar-refractivity contribution in [3.63, 3.8) is 0 Å². The minimum Gasteiger partial charge on any atom is -0.489 e. The van der Waals surface area contributed by atoms with E-state index in [0.29, 0.717) is 12.4 Å². The lowest BCUT2D eigenvalue weighted by Gasteiger charge is -2.09. The molecule has 3 aromatic carbocycles. The van der Waals surface area contributed by atoms with Gasteiger partial charge in [0.1, 0.15) is 18.1 Å². The number of hydrogen-bond acceptors (Lipinski definition) is 4. The molecule has 0 radical (unpaired) electrons. The van der Waals surface area contributed by atoms with Crippen LogP contribution in [0.25, 0.3) is 0 Å². The molecule has 0 fully saturated rings.